The highest BCUT2D eigenvalue weighted by Gasteiger charge is 2.48. The molecule has 3 aromatic carbocycles. The van der Waals surface area contributed by atoms with Gasteiger partial charge in [-0.15, -0.1) is 0 Å². The summed E-state index contributed by atoms with van der Waals surface area (Å²) in [4.78, 5) is 9.77. The molecule has 1 aliphatic rings. The molecule has 1 aromatic heterocycles. The average molecular weight is 445 g/mol. The van der Waals surface area contributed by atoms with Gasteiger partial charge in [0.05, 0.1) is 11.3 Å². The lowest BCUT2D eigenvalue weighted by Crippen LogP contribution is -2.30. The van der Waals surface area contributed by atoms with Gasteiger partial charge in [-0.1, -0.05) is 72.8 Å². The molecule has 33 heavy (non-hydrogen) atoms. The molecule has 5 rings (SSSR count). The Morgan fingerprint density at radius 2 is 1.45 bits per heavy atom. The van der Waals surface area contributed by atoms with Crippen molar-refractivity contribution in [2.45, 2.75) is 24.1 Å². The van der Waals surface area contributed by atoms with Gasteiger partial charge < -0.3 is 4.57 Å². The molecule has 2 heterocycles. The standard InChI is InChI=1S/C27H22F3N3/c1-33-17-16-31-25(33)24-18-23(19-8-4-2-5-9-19)26(32-24,20-10-6-3-7-11-20)21-12-14-22(15-13-21)27(28,29)30/h2-17,23H,18H2,1H3/t23-,26?/m1/s1. The summed E-state index contributed by atoms with van der Waals surface area (Å²) in [6.07, 6.45) is -0.175. The second-order valence-corrected chi connectivity index (χ2v) is 8.30. The number of benzene rings is 3. The monoisotopic (exact) mass is 445 g/mol. The quantitative estimate of drug-likeness (QED) is 0.360. The van der Waals surface area contributed by atoms with Crippen LogP contribution >= 0.6 is 0 Å². The SMILES string of the molecule is Cn1ccnc1C1=NC(c2ccccc2)(c2ccc(C(F)(F)F)cc2)[C@@H](c2ccccc2)C1. The molecule has 4 aromatic rings. The highest BCUT2D eigenvalue weighted by molar-refractivity contribution is 6.00. The molecule has 0 spiro atoms. The number of alkyl halides is 3. The number of aryl methyl sites for hydroxylation is 1. The molecule has 2 atom stereocenters. The molecule has 0 saturated carbocycles. The fourth-order valence-corrected chi connectivity index (χ4v) is 4.81. The van der Waals surface area contributed by atoms with Gasteiger partial charge >= 0.3 is 6.18 Å². The van der Waals surface area contributed by atoms with Crippen LogP contribution in [-0.4, -0.2) is 15.3 Å². The van der Waals surface area contributed by atoms with E-state index in [1.54, 1.807) is 18.3 Å². The van der Waals surface area contributed by atoms with E-state index in [1.807, 2.05) is 66.3 Å². The van der Waals surface area contributed by atoms with Crippen LogP contribution in [0.1, 0.15) is 40.4 Å². The van der Waals surface area contributed by atoms with Gasteiger partial charge in [-0.2, -0.15) is 13.2 Å². The molecule has 1 unspecified atom stereocenters. The van der Waals surface area contributed by atoms with Crippen molar-refractivity contribution in [2.24, 2.45) is 12.0 Å². The average Bonchev–Trinajstić information content (AvgIpc) is 3.44. The first-order valence-electron chi connectivity index (χ1n) is 10.7. The van der Waals surface area contributed by atoms with Crippen LogP contribution in [0.3, 0.4) is 0 Å². The zero-order valence-corrected chi connectivity index (χ0v) is 18.0. The van der Waals surface area contributed by atoms with Crippen LogP contribution in [0.15, 0.2) is 102 Å². The predicted molar refractivity (Wildman–Crippen MR) is 122 cm³/mol. The first-order chi connectivity index (χ1) is 15.9. The summed E-state index contributed by atoms with van der Waals surface area (Å²) in [5.74, 6) is 0.658. The Kier molecular flexibility index (Phi) is 5.16. The second kappa shape index (κ2) is 8.03. The maximum atomic E-state index is 13.3. The Balaban J connectivity index is 1.77. The lowest BCUT2D eigenvalue weighted by atomic mass is 9.71. The molecule has 0 bridgehead atoms. The third-order valence-electron chi connectivity index (χ3n) is 6.36. The van der Waals surface area contributed by atoms with Crippen LogP contribution in [0.25, 0.3) is 0 Å². The van der Waals surface area contributed by atoms with E-state index in [-0.39, 0.29) is 5.92 Å². The minimum atomic E-state index is -4.39. The molecule has 0 amide bonds. The molecular weight excluding hydrogens is 423 g/mol. The Bertz CT molecular complexity index is 1280. The van der Waals surface area contributed by atoms with E-state index in [0.29, 0.717) is 6.42 Å². The first kappa shape index (κ1) is 21.2. The summed E-state index contributed by atoms with van der Waals surface area (Å²) in [5, 5.41) is 0. The fourth-order valence-electron chi connectivity index (χ4n) is 4.81. The van der Waals surface area contributed by atoms with E-state index < -0.39 is 17.3 Å². The van der Waals surface area contributed by atoms with E-state index in [2.05, 4.69) is 17.1 Å². The number of nitrogens with zero attached hydrogens (tertiary/aromatic N) is 3. The molecular formula is C27H22F3N3. The van der Waals surface area contributed by atoms with Gasteiger partial charge in [0.1, 0.15) is 5.54 Å². The Morgan fingerprint density at radius 3 is 2.03 bits per heavy atom. The van der Waals surface area contributed by atoms with Crippen molar-refractivity contribution >= 4 is 5.71 Å². The summed E-state index contributed by atoms with van der Waals surface area (Å²) in [5.41, 5.74) is 2.02. The Hall–Kier alpha value is -3.67. The maximum absolute atomic E-state index is 13.3. The number of halogens is 3. The zero-order valence-electron chi connectivity index (χ0n) is 18.0. The van der Waals surface area contributed by atoms with E-state index in [0.717, 1.165) is 40.4 Å². The maximum Gasteiger partial charge on any atom is 0.416 e. The number of aliphatic imine (C=N–C) groups is 1. The third kappa shape index (κ3) is 3.65. The Labute approximate surface area is 190 Å². The van der Waals surface area contributed by atoms with Crippen LogP contribution in [0.4, 0.5) is 13.2 Å². The van der Waals surface area contributed by atoms with Crippen molar-refractivity contribution in [2.75, 3.05) is 0 Å². The highest BCUT2D eigenvalue weighted by atomic mass is 19.4. The van der Waals surface area contributed by atoms with Crippen LogP contribution in [0.5, 0.6) is 0 Å². The minimum Gasteiger partial charge on any atom is -0.333 e. The molecule has 1 aliphatic heterocycles. The number of hydrogen-bond donors (Lipinski definition) is 0. The van der Waals surface area contributed by atoms with Gasteiger partial charge in [0.15, 0.2) is 5.82 Å². The van der Waals surface area contributed by atoms with E-state index in [4.69, 9.17) is 4.99 Å². The van der Waals surface area contributed by atoms with Crippen molar-refractivity contribution in [1.82, 2.24) is 9.55 Å². The van der Waals surface area contributed by atoms with Crippen molar-refractivity contribution in [3.05, 3.63) is 125 Å². The first-order valence-corrected chi connectivity index (χ1v) is 10.7. The van der Waals surface area contributed by atoms with Gasteiger partial charge in [-0.05, 0) is 28.8 Å². The zero-order chi connectivity index (χ0) is 23.1. The molecule has 0 N–H and O–H groups in total. The van der Waals surface area contributed by atoms with Gasteiger partial charge in [0.2, 0.25) is 0 Å². The number of aromatic nitrogens is 2. The topological polar surface area (TPSA) is 30.2 Å². The lowest BCUT2D eigenvalue weighted by Gasteiger charge is -2.35. The van der Waals surface area contributed by atoms with Crippen molar-refractivity contribution < 1.29 is 13.2 Å². The number of imidazole rings is 1. The van der Waals surface area contributed by atoms with Crippen LogP contribution in [-0.2, 0) is 18.8 Å². The number of hydrogen-bond acceptors (Lipinski definition) is 2. The Morgan fingerprint density at radius 1 is 0.848 bits per heavy atom. The smallest absolute Gasteiger partial charge is 0.333 e. The summed E-state index contributed by atoms with van der Waals surface area (Å²) in [7, 11) is 1.92. The summed E-state index contributed by atoms with van der Waals surface area (Å²) in [6, 6.07) is 25.3. The number of rotatable bonds is 4. The molecule has 166 valence electrons. The summed E-state index contributed by atoms with van der Waals surface area (Å²) < 4.78 is 41.9. The van der Waals surface area contributed by atoms with Gasteiger partial charge in [0, 0.05) is 31.8 Å². The van der Waals surface area contributed by atoms with Crippen LogP contribution in [0, 0.1) is 0 Å². The summed E-state index contributed by atoms with van der Waals surface area (Å²) >= 11 is 0. The molecule has 3 nitrogen and oxygen atoms in total. The normalized spacial score (nSPS) is 20.6. The van der Waals surface area contributed by atoms with Crippen molar-refractivity contribution in [1.29, 1.82) is 0 Å². The molecule has 6 heteroatoms. The van der Waals surface area contributed by atoms with E-state index in [9.17, 15) is 13.2 Å². The van der Waals surface area contributed by atoms with Gasteiger partial charge in [0.25, 0.3) is 0 Å². The second-order valence-electron chi connectivity index (χ2n) is 8.30. The van der Waals surface area contributed by atoms with Gasteiger partial charge in [-0.3, -0.25) is 4.99 Å². The molecule has 0 saturated heterocycles. The third-order valence-corrected chi connectivity index (χ3v) is 6.36. The minimum absolute atomic E-state index is 0.107. The largest absolute Gasteiger partial charge is 0.416 e. The predicted octanol–water partition coefficient (Wildman–Crippen LogP) is 6.36. The van der Waals surface area contributed by atoms with Crippen molar-refractivity contribution in [3.63, 3.8) is 0 Å². The summed E-state index contributed by atoms with van der Waals surface area (Å²) in [6.45, 7) is 0. The van der Waals surface area contributed by atoms with E-state index in [1.165, 1.54) is 0 Å². The van der Waals surface area contributed by atoms with Crippen LogP contribution in [0.2, 0.25) is 0 Å². The van der Waals surface area contributed by atoms with Crippen molar-refractivity contribution in [3.8, 4) is 0 Å². The van der Waals surface area contributed by atoms with Crippen LogP contribution < -0.4 is 0 Å². The highest BCUT2D eigenvalue weighted by Crippen LogP contribution is 2.52. The fraction of sp³-hybridized carbons (Fsp3) is 0.185. The van der Waals surface area contributed by atoms with Gasteiger partial charge in [-0.25, -0.2) is 4.98 Å². The molecule has 0 radical (unpaired) electrons. The lowest BCUT2D eigenvalue weighted by molar-refractivity contribution is -0.137. The molecule has 0 aliphatic carbocycles. The molecule has 0 fully saturated rings. The van der Waals surface area contributed by atoms with E-state index >= 15 is 0 Å².